The van der Waals surface area contributed by atoms with E-state index in [1.165, 1.54) is 4.90 Å². The van der Waals surface area contributed by atoms with Crippen LogP contribution in [0.15, 0.2) is 46.9 Å². The molecule has 0 heterocycles. The van der Waals surface area contributed by atoms with Crippen LogP contribution in [0, 0.1) is 0 Å². The molecule has 0 bridgehead atoms. The number of hydrogen-bond acceptors (Lipinski definition) is 4. The van der Waals surface area contributed by atoms with Gasteiger partial charge in [0.1, 0.15) is 12.6 Å². The van der Waals surface area contributed by atoms with Gasteiger partial charge in [0.25, 0.3) is 0 Å². The van der Waals surface area contributed by atoms with Gasteiger partial charge in [-0.1, -0.05) is 59.0 Å². The first kappa shape index (κ1) is 29.4. The van der Waals surface area contributed by atoms with E-state index in [4.69, 9.17) is 23.2 Å². The van der Waals surface area contributed by atoms with Crippen LogP contribution in [-0.4, -0.2) is 50.0 Å². The van der Waals surface area contributed by atoms with Crippen LogP contribution < -0.4 is 9.62 Å². The molecule has 35 heavy (non-hydrogen) atoms. The average molecular weight is 607 g/mol. The predicted molar refractivity (Wildman–Crippen MR) is 145 cm³/mol. The quantitative estimate of drug-likeness (QED) is 0.379. The van der Waals surface area contributed by atoms with Crippen molar-refractivity contribution in [2.75, 3.05) is 17.1 Å². The molecule has 0 aliphatic carbocycles. The summed E-state index contributed by atoms with van der Waals surface area (Å²) in [6, 6.07) is 10.7. The Bertz CT molecular complexity index is 1150. The number of amides is 2. The van der Waals surface area contributed by atoms with Crippen LogP contribution in [0.3, 0.4) is 0 Å². The zero-order chi connectivity index (χ0) is 26.3. The van der Waals surface area contributed by atoms with Crippen LogP contribution in [0.25, 0.3) is 0 Å². The maximum absolute atomic E-state index is 13.6. The van der Waals surface area contributed by atoms with Crippen molar-refractivity contribution in [3.63, 3.8) is 0 Å². The second kappa shape index (κ2) is 12.9. The molecule has 0 radical (unpaired) electrons. The summed E-state index contributed by atoms with van der Waals surface area (Å²) in [6.07, 6.45) is 2.11. The monoisotopic (exact) mass is 605 g/mol. The molecule has 0 spiro atoms. The fourth-order valence-corrected chi connectivity index (χ4v) is 4.85. The first-order valence-corrected chi connectivity index (χ1v) is 14.5. The third-order valence-corrected chi connectivity index (χ3v) is 7.93. The molecule has 0 aliphatic rings. The van der Waals surface area contributed by atoms with Gasteiger partial charge in [0.15, 0.2) is 0 Å². The molecular weight excluding hydrogens is 577 g/mol. The van der Waals surface area contributed by atoms with Crippen LogP contribution in [0.2, 0.25) is 10.0 Å². The number of rotatable bonds is 11. The Labute approximate surface area is 225 Å². The number of benzene rings is 2. The highest BCUT2D eigenvalue weighted by Gasteiger charge is 2.32. The zero-order valence-electron chi connectivity index (χ0n) is 20.1. The van der Waals surface area contributed by atoms with Crippen LogP contribution in [-0.2, 0) is 26.2 Å². The summed E-state index contributed by atoms with van der Waals surface area (Å²) < 4.78 is 27.0. The highest BCUT2D eigenvalue weighted by molar-refractivity contribution is 9.10. The SMILES string of the molecule is CC[C@H](C)NC(=O)[C@H](CC)N(Cc1ccc(Cl)c(Cl)c1)C(=O)CN(c1ccc(Br)cc1)S(C)(=O)=O. The third-order valence-electron chi connectivity index (χ3n) is 5.52. The van der Waals surface area contributed by atoms with Gasteiger partial charge in [-0.15, -0.1) is 0 Å². The van der Waals surface area contributed by atoms with E-state index in [1.807, 2.05) is 13.8 Å². The van der Waals surface area contributed by atoms with Gasteiger partial charge in [-0.25, -0.2) is 8.42 Å². The molecule has 192 valence electrons. The van der Waals surface area contributed by atoms with Crippen LogP contribution in [0.4, 0.5) is 5.69 Å². The number of nitrogens with one attached hydrogen (secondary N) is 1. The molecule has 0 saturated carbocycles. The van der Waals surface area contributed by atoms with Crippen LogP contribution >= 0.6 is 39.1 Å². The Morgan fingerprint density at radius 2 is 1.66 bits per heavy atom. The normalized spacial score (nSPS) is 13.1. The summed E-state index contributed by atoms with van der Waals surface area (Å²) in [5.41, 5.74) is 1.01. The average Bonchev–Trinajstić information content (AvgIpc) is 2.79. The summed E-state index contributed by atoms with van der Waals surface area (Å²) in [4.78, 5) is 28.1. The zero-order valence-corrected chi connectivity index (χ0v) is 24.0. The Hall–Kier alpha value is -1.81. The van der Waals surface area contributed by atoms with Crippen molar-refractivity contribution in [3.05, 3.63) is 62.5 Å². The molecule has 1 N–H and O–H groups in total. The van der Waals surface area contributed by atoms with Gasteiger partial charge in [-0.05, 0) is 61.7 Å². The molecule has 2 aromatic rings. The Morgan fingerprint density at radius 1 is 1.03 bits per heavy atom. The lowest BCUT2D eigenvalue weighted by molar-refractivity contribution is -0.140. The lowest BCUT2D eigenvalue weighted by atomic mass is 10.1. The maximum Gasteiger partial charge on any atom is 0.244 e. The molecule has 0 unspecified atom stereocenters. The summed E-state index contributed by atoms with van der Waals surface area (Å²) in [5.74, 6) is -0.819. The van der Waals surface area contributed by atoms with E-state index < -0.39 is 28.5 Å². The van der Waals surface area contributed by atoms with E-state index >= 15 is 0 Å². The standard InChI is InChI=1S/C24H30BrCl2N3O4S/c1-5-16(3)28-24(32)22(6-2)29(14-17-7-12-20(26)21(27)13-17)23(31)15-30(35(4,33)34)19-10-8-18(25)9-11-19/h7-13,16,22H,5-6,14-15H2,1-4H3,(H,28,32)/t16-,22-/m0/s1. The van der Waals surface area contributed by atoms with Crippen molar-refractivity contribution in [3.8, 4) is 0 Å². The first-order valence-electron chi connectivity index (χ1n) is 11.1. The topological polar surface area (TPSA) is 86.8 Å². The van der Waals surface area contributed by atoms with Gasteiger partial charge < -0.3 is 10.2 Å². The minimum absolute atomic E-state index is 0.0556. The maximum atomic E-state index is 13.6. The fourth-order valence-electron chi connectivity index (χ4n) is 3.42. The van der Waals surface area contributed by atoms with Gasteiger partial charge in [0.05, 0.1) is 22.0 Å². The molecule has 7 nitrogen and oxygen atoms in total. The van der Waals surface area contributed by atoms with Gasteiger partial charge in [-0.2, -0.15) is 0 Å². The highest BCUT2D eigenvalue weighted by atomic mass is 79.9. The van der Waals surface area contributed by atoms with E-state index in [0.717, 1.165) is 21.5 Å². The number of nitrogens with zero attached hydrogens (tertiary/aromatic N) is 2. The number of halogens is 3. The van der Waals surface area contributed by atoms with E-state index in [-0.39, 0.29) is 18.5 Å². The minimum atomic E-state index is -3.79. The number of sulfonamides is 1. The number of hydrogen-bond donors (Lipinski definition) is 1. The molecule has 2 atom stereocenters. The molecule has 2 rings (SSSR count). The summed E-state index contributed by atoms with van der Waals surface area (Å²) >= 11 is 15.5. The van der Waals surface area contributed by atoms with E-state index in [9.17, 15) is 18.0 Å². The minimum Gasteiger partial charge on any atom is -0.352 e. The predicted octanol–water partition coefficient (Wildman–Crippen LogP) is 5.24. The first-order chi connectivity index (χ1) is 16.4. The lowest BCUT2D eigenvalue weighted by Crippen LogP contribution is -2.53. The Kier molecular flexibility index (Phi) is 10.9. The van der Waals surface area contributed by atoms with E-state index in [2.05, 4.69) is 21.2 Å². The second-order valence-corrected chi connectivity index (χ2v) is 11.9. The fraction of sp³-hybridized carbons (Fsp3) is 0.417. The molecule has 11 heteroatoms. The van der Waals surface area contributed by atoms with Gasteiger partial charge >= 0.3 is 0 Å². The van der Waals surface area contributed by atoms with Crippen molar-refractivity contribution < 1.29 is 18.0 Å². The van der Waals surface area contributed by atoms with Crippen molar-refractivity contribution in [1.29, 1.82) is 0 Å². The summed E-state index contributed by atoms with van der Waals surface area (Å²) in [6.45, 7) is 5.23. The second-order valence-electron chi connectivity index (χ2n) is 8.26. The van der Waals surface area contributed by atoms with Crippen molar-refractivity contribution >= 4 is 66.7 Å². The van der Waals surface area contributed by atoms with Crippen molar-refractivity contribution in [2.24, 2.45) is 0 Å². The molecule has 0 fully saturated rings. The van der Waals surface area contributed by atoms with Crippen LogP contribution in [0.1, 0.15) is 39.2 Å². The number of anilines is 1. The molecule has 0 aromatic heterocycles. The smallest absolute Gasteiger partial charge is 0.244 e. The largest absolute Gasteiger partial charge is 0.352 e. The van der Waals surface area contributed by atoms with Crippen LogP contribution in [0.5, 0.6) is 0 Å². The van der Waals surface area contributed by atoms with Gasteiger partial charge in [0, 0.05) is 17.1 Å². The Balaban J connectivity index is 2.45. The lowest BCUT2D eigenvalue weighted by Gasteiger charge is -2.33. The molecule has 0 saturated heterocycles. The third kappa shape index (κ3) is 8.37. The van der Waals surface area contributed by atoms with Crippen molar-refractivity contribution in [2.45, 2.75) is 52.2 Å². The van der Waals surface area contributed by atoms with Crippen molar-refractivity contribution in [1.82, 2.24) is 10.2 Å². The van der Waals surface area contributed by atoms with Gasteiger partial charge in [0.2, 0.25) is 21.8 Å². The molecule has 2 aromatic carbocycles. The number of carbonyl (C=O) groups excluding carboxylic acids is 2. The number of carbonyl (C=O) groups is 2. The summed E-state index contributed by atoms with van der Waals surface area (Å²) in [7, 11) is -3.79. The Morgan fingerprint density at radius 3 is 2.17 bits per heavy atom. The molecule has 2 amide bonds. The molecular formula is C24H30BrCl2N3O4S. The highest BCUT2D eigenvalue weighted by Crippen LogP contribution is 2.25. The summed E-state index contributed by atoms with van der Waals surface area (Å²) in [5, 5.41) is 3.62. The molecule has 0 aliphatic heterocycles. The van der Waals surface area contributed by atoms with E-state index in [0.29, 0.717) is 27.7 Å². The van der Waals surface area contributed by atoms with Gasteiger partial charge in [-0.3, -0.25) is 13.9 Å². The van der Waals surface area contributed by atoms with E-state index in [1.54, 1.807) is 49.4 Å².